The first-order chi connectivity index (χ1) is 8.41. The van der Waals surface area contributed by atoms with Crippen LogP contribution in [0.4, 0.5) is 30.7 Å². The van der Waals surface area contributed by atoms with Crippen LogP contribution in [0, 0.1) is 11.8 Å². The molecule has 1 aliphatic rings. The quantitative estimate of drug-likeness (QED) is 0.806. The van der Waals surface area contributed by atoms with Crippen LogP contribution in [0.3, 0.4) is 0 Å². The van der Waals surface area contributed by atoms with Crippen molar-refractivity contribution >= 4 is 5.97 Å². The van der Waals surface area contributed by atoms with Crippen molar-refractivity contribution in [2.75, 3.05) is 0 Å². The summed E-state index contributed by atoms with van der Waals surface area (Å²) >= 11 is 0. The van der Waals surface area contributed by atoms with Crippen molar-refractivity contribution in [3.05, 3.63) is 0 Å². The highest BCUT2D eigenvalue weighted by Gasteiger charge is 2.74. The van der Waals surface area contributed by atoms with E-state index in [-0.39, 0.29) is 12.8 Å². The molecule has 0 aromatic rings. The van der Waals surface area contributed by atoms with E-state index in [0.717, 1.165) is 0 Å². The van der Waals surface area contributed by atoms with E-state index in [0.29, 0.717) is 0 Å². The van der Waals surface area contributed by atoms with Crippen molar-refractivity contribution in [3.63, 3.8) is 0 Å². The van der Waals surface area contributed by atoms with Crippen LogP contribution >= 0.6 is 0 Å². The third kappa shape index (κ3) is 2.79. The third-order valence-corrected chi connectivity index (χ3v) is 3.36. The number of rotatable bonds is 3. The first kappa shape index (κ1) is 16.0. The molecule has 0 atom stereocenters. The molecule has 19 heavy (non-hydrogen) atoms. The lowest BCUT2D eigenvalue weighted by Crippen LogP contribution is -2.56. The molecule has 2 nitrogen and oxygen atoms in total. The van der Waals surface area contributed by atoms with Gasteiger partial charge in [-0.15, -0.1) is 0 Å². The van der Waals surface area contributed by atoms with E-state index >= 15 is 0 Å². The van der Waals surface area contributed by atoms with Crippen LogP contribution in [0.2, 0.25) is 0 Å². The maximum atomic E-state index is 13.3. The molecule has 0 bridgehead atoms. The smallest absolute Gasteiger partial charge is 0.459 e. The maximum Gasteiger partial charge on any atom is 0.459 e. The second-order valence-electron chi connectivity index (χ2n) is 4.58. The molecule has 1 aliphatic carbocycles. The van der Waals surface area contributed by atoms with Crippen LogP contribution in [0.15, 0.2) is 0 Å². The Labute approximate surface area is 103 Å². The van der Waals surface area contributed by atoms with Crippen molar-refractivity contribution in [2.45, 2.75) is 43.7 Å². The van der Waals surface area contributed by atoms with Gasteiger partial charge in [-0.25, -0.2) is 0 Å². The normalized spacial score (nSPS) is 26.3. The van der Waals surface area contributed by atoms with E-state index in [2.05, 4.69) is 0 Å². The lowest BCUT2D eigenvalue weighted by Gasteiger charge is -2.37. The molecule has 0 saturated heterocycles. The summed E-state index contributed by atoms with van der Waals surface area (Å²) in [6, 6.07) is 0. The van der Waals surface area contributed by atoms with Gasteiger partial charge in [0.15, 0.2) is 0 Å². The molecule has 1 saturated carbocycles. The minimum absolute atomic E-state index is 0.330. The largest absolute Gasteiger partial charge is 0.481 e. The van der Waals surface area contributed by atoms with Crippen molar-refractivity contribution in [1.29, 1.82) is 0 Å². The van der Waals surface area contributed by atoms with Crippen LogP contribution in [0.25, 0.3) is 0 Å². The number of aliphatic carboxylic acids is 1. The highest BCUT2D eigenvalue weighted by atomic mass is 19.4. The molecule has 9 heteroatoms. The van der Waals surface area contributed by atoms with Gasteiger partial charge in [0.05, 0.1) is 5.92 Å². The van der Waals surface area contributed by atoms with Crippen LogP contribution in [0.1, 0.15) is 25.7 Å². The highest BCUT2D eigenvalue weighted by Crippen LogP contribution is 2.53. The first-order valence-corrected chi connectivity index (χ1v) is 5.46. The number of hydrogen-bond donors (Lipinski definition) is 1. The predicted molar refractivity (Wildman–Crippen MR) is 49.0 cm³/mol. The summed E-state index contributed by atoms with van der Waals surface area (Å²) < 4.78 is 88.0. The SMILES string of the molecule is O=C(O)C1CCC(C(F)(F)C(F)(F)C(F)(F)F)CC1. The van der Waals surface area contributed by atoms with E-state index < -0.39 is 48.7 Å². The molecular formula is C10H11F7O2. The summed E-state index contributed by atoms with van der Waals surface area (Å²) in [5, 5.41) is 8.60. The first-order valence-electron chi connectivity index (χ1n) is 5.46. The average Bonchev–Trinajstić information content (AvgIpc) is 2.27. The standard InChI is InChI=1S/C10H11F7O2/c11-8(12,9(13,14)10(15,16)17)6-3-1-5(2-4-6)7(18)19/h5-6H,1-4H2,(H,18,19). The fourth-order valence-electron chi connectivity index (χ4n) is 2.15. The Morgan fingerprint density at radius 1 is 0.895 bits per heavy atom. The summed E-state index contributed by atoms with van der Waals surface area (Å²) in [4.78, 5) is 10.6. The van der Waals surface area contributed by atoms with Gasteiger partial charge in [0.2, 0.25) is 0 Å². The minimum Gasteiger partial charge on any atom is -0.481 e. The van der Waals surface area contributed by atoms with E-state index in [1.807, 2.05) is 0 Å². The van der Waals surface area contributed by atoms with Gasteiger partial charge in [0, 0.05) is 5.92 Å². The van der Waals surface area contributed by atoms with Crippen LogP contribution in [0.5, 0.6) is 0 Å². The van der Waals surface area contributed by atoms with E-state index in [4.69, 9.17) is 5.11 Å². The molecule has 0 aromatic heterocycles. The van der Waals surface area contributed by atoms with Crippen molar-refractivity contribution in [2.24, 2.45) is 11.8 Å². The molecule has 1 rings (SSSR count). The van der Waals surface area contributed by atoms with Gasteiger partial charge < -0.3 is 5.11 Å². The van der Waals surface area contributed by atoms with Crippen molar-refractivity contribution < 1.29 is 40.6 Å². The predicted octanol–water partition coefficient (Wildman–Crippen LogP) is 3.71. The van der Waals surface area contributed by atoms with Gasteiger partial charge in [0.1, 0.15) is 0 Å². The van der Waals surface area contributed by atoms with Gasteiger partial charge in [-0.05, 0) is 25.7 Å². The Morgan fingerprint density at radius 2 is 1.32 bits per heavy atom. The number of carboxylic acid groups (broad SMARTS) is 1. The van der Waals surface area contributed by atoms with Crippen LogP contribution < -0.4 is 0 Å². The minimum atomic E-state index is -6.33. The summed E-state index contributed by atoms with van der Waals surface area (Å²) in [6.45, 7) is 0. The lowest BCUT2D eigenvalue weighted by atomic mass is 9.77. The molecule has 1 N–H and O–H groups in total. The number of hydrogen-bond acceptors (Lipinski definition) is 1. The second-order valence-corrected chi connectivity index (χ2v) is 4.58. The van der Waals surface area contributed by atoms with Gasteiger partial charge >= 0.3 is 24.0 Å². The fourth-order valence-corrected chi connectivity index (χ4v) is 2.15. The van der Waals surface area contributed by atoms with Gasteiger partial charge in [-0.2, -0.15) is 30.7 Å². The molecular weight excluding hydrogens is 285 g/mol. The maximum absolute atomic E-state index is 13.3. The van der Waals surface area contributed by atoms with E-state index in [1.54, 1.807) is 0 Å². The molecule has 0 unspecified atom stereocenters. The molecule has 0 radical (unpaired) electrons. The Balaban J connectivity index is 2.83. The molecule has 0 heterocycles. The van der Waals surface area contributed by atoms with E-state index in [9.17, 15) is 35.5 Å². The topological polar surface area (TPSA) is 37.3 Å². The summed E-state index contributed by atoms with van der Waals surface area (Å²) in [7, 11) is 0. The molecule has 0 aliphatic heterocycles. The summed E-state index contributed by atoms with van der Waals surface area (Å²) in [6.07, 6.45) is -8.33. The second kappa shape index (κ2) is 4.82. The summed E-state index contributed by atoms with van der Waals surface area (Å²) in [5.41, 5.74) is 0. The van der Waals surface area contributed by atoms with Gasteiger partial charge in [-0.1, -0.05) is 0 Å². The zero-order valence-electron chi connectivity index (χ0n) is 9.48. The molecule has 112 valence electrons. The van der Waals surface area contributed by atoms with Gasteiger partial charge in [0.25, 0.3) is 0 Å². The summed E-state index contributed by atoms with van der Waals surface area (Å²) in [5.74, 6) is -15.7. The lowest BCUT2D eigenvalue weighted by molar-refractivity contribution is -0.367. The monoisotopic (exact) mass is 296 g/mol. The zero-order chi connectivity index (χ0) is 15.1. The number of carbonyl (C=O) groups is 1. The van der Waals surface area contributed by atoms with Gasteiger partial charge in [-0.3, -0.25) is 4.79 Å². The average molecular weight is 296 g/mol. The van der Waals surface area contributed by atoms with Crippen molar-refractivity contribution in [3.8, 4) is 0 Å². The highest BCUT2D eigenvalue weighted by molar-refractivity contribution is 5.70. The van der Waals surface area contributed by atoms with Crippen molar-refractivity contribution in [1.82, 2.24) is 0 Å². The Morgan fingerprint density at radius 3 is 1.63 bits per heavy atom. The van der Waals surface area contributed by atoms with Crippen LogP contribution in [-0.2, 0) is 4.79 Å². The molecule has 0 spiro atoms. The zero-order valence-corrected chi connectivity index (χ0v) is 9.48. The Bertz CT molecular complexity index is 342. The molecule has 1 fully saturated rings. The number of halogens is 7. The molecule has 0 aromatic carbocycles. The number of alkyl halides is 7. The molecule has 0 amide bonds. The fraction of sp³-hybridized carbons (Fsp3) is 0.900. The van der Waals surface area contributed by atoms with Crippen LogP contribution in [-0.4, -0.2) is 29.1 Å². The Hall–Kier alpha value is -1.02. The third-order valence-electron chi connectivity index (χ3n) is 3.36. The Kier molecular flexibility index (Phi) is 4.07. The number of carboxylic acids is 1. The van der Waals surface area contributed by atoms with E-state index in [1.165, 1.54) is 0 Å².